The molecule has 7 heteroatoms. The molecular weight excluding hydrogens is 426 g/mol. The normalized spacial score (nSPS) is 31.0. The van der Waals surface area contributed by atoms with E-state index in [4.69, 9.17) is 11.6 Å². The number of hydrogen-bond donors (Lipinski definition) is 2. The summed E-state index contributed by atoms with van der Waals surface area (Å²) >= 11 is 8.00. The van der Waals surface area contributed by atoms with Crippen LogP contribution < -0.4 is 0 Å². The molecule has 22 heavy (non-hydrogen) atoms. The molecule has 0 fully saturated rings. The number of aliphatic carboxylic acids is 2. The number of carboxylic acids is 2. The van der Waals surface area contributed by atoms with Gasteiger partial charge in [0.1, 0.15) is 11.2 Å². The largest absolute Gasteiger partial charge is 0.481 e. The average molecular weight is 439 g/mol. The van der Waals surface area contributed by atoms with Gasteiger partial charge in [-0.05, 0) is 31.0 Å². The van der Waals surface area contributed by atoms with Crippen molar-refractivity contribution in [1.82, 2.24) is 0 Å². The summed E-state index contributed by atoms with van der Waals surface area (Å²) in [6.07, 6.45) is 2.90. The number of allylic oxidation sites excluding steroid dienone is 1. The molecule has 0 bridgehead atoms. The lowest BCUT2D eigenvalue weighted by Gasteiger charge is -2.42. The van der Waals surface area contributed by atoms with Crippen molar-refractivity contribution in [2.24, 2.45) is 5.41 Å². The van der Waals surface area contributed by atoms with E-state index in [2.05, 4.69) is 0 Å². The Bertz CT molecular complexity index is 678. The third-order valence-electron chi connectivity index (χ3n) is 4.03. The van der Waals surface area contributed by atoms with E-state index in [0.29, 0.717) is 0 Å². The summed E-state index contributed by atoms with van der Waals surface area (Å²) in [6, 6.07) is 3.49. The monoisotopic (exact) mass is 438 g/mol. The number of rotatable bonds is 3. The number of carboxylic acid groups (broad SMARTS) is 2. The maximum absolute atomic E-state index is 13.3. The molecule has 1 aromatic rings. The molecule has 118 valence electrons. The minimum atomic E-state index is -1.53. The van der Waals surface area contributed by atoms with Crippen molar-refractivity contribution in [3.8, 4) is 0 Å². The van der Waals surface area contributed by atoms with E-state index in [1.54, 1.807) is 6.08 Å². The summed E-state index contributed by atoms with van der Waals surface area (Å²) in [5, 5.41) is 19.2. The highest BCUT2D eigenvalue weighted by Crippen LogP contribution is 2.49. The molecule has 3 atom stereocenters. The van der Waals surface area contributed by atoms with E-state index in [1.807, 2.05) is 22.6 Å². The number of carbonyl (C=O) groups is 2. The lowest BCUT2D eigenvalue weighted by molar-refractivity contribution is -0.150. The molecule has 0 saturated heterocycles. The van der Waals surface area contributed by atoms with Crippen molar-refractivity contribution in [1.29, 1.82) is 0 Å². The number of halogens is 3. The van der Waals surface area contributed by atoms with Gasteiger partial charge in [-0.25, -0.2) is 4.39 Å². The summed E-state index contributed by atoms with van der Waals surface area (Å²) in [6.45, 7) is 1.46. The van der Waals surface area contributed by atoms with Gasteiger partial charge in [0.05, 0.1) is 5.41 Å². The van der Waals surface area contributed by atoms with Crippen LogP contribution >= 0.6 is 34.2 Å². The first-order valence-electron chi connectivity index (χ1n) is 6.39. The van der Waals surface area contributed by atoms with E-state index in [9.17, 15) is 24.2 Å². The Morgan fingerprint density at radius 2 is 2.00 bits per heavy atom. The van der Waals surface area contributed by atoms with E-state index in [1.165, 1.54) is 19.1 Å². The quantitative estimate of drug-likeness (QED) is 0.429. The Labute approximate surface area is 145 Å². The van der Waals surface area contributed by atoms with Gasteiger partial charge in [0.25, 0.3) is 0 Å². The van der Waals surface area contributed by atoms with Gasteiger partial charge in [0.15, 0.2) is 0 Å². The summed E-state index contributed by atoms with van der Waals surface area (Å²) in [5.41, 5.74) is -2.65. The predicted molar refractivity (Wildman–Crippen MR) is 88.0 cm³/mol. The molecule has 0 heterocycles. The molecule has 2 rings (SSSR count). The summed E-state index contributed by atoms with van der Waals surface area (Å²) in [4.78, 5) is 23.6. The first kappa shape index (κ1) is 17.2. The van der Waals surface area contributed by atoms with Crippen LogP contribution in [0.25, 0.3) is 0 Å². The number of hydrogen-bond acceptors (Lipinski definition) is 2. The van der Waals surface area contributed by atoms with Crippen LogP contribution in [0.2, 0.25) is 5.02 Å². The van der Waals surface area contributed by atoms with E-state index >= 15 is 0 Å². The van der Waals surface area contributed by atoms with Crippen LogP contribution in [-0.2, 0) is 15.0 Å². The second-order valence-electron chi connectivity index (χ2n) is 5.56. The lowest BCUT2D eigenvalue weighted by atomic mass is 9.63. The van der Waals surface area contributed by atoms with Crippen molar-refractivity contribution in [2.45, 2.75) is 22.7 Å². The predicted octanol–water partition coefficient (Wildman–Crippen LogP) is 3.66. The zero-order valence-corrected chi connectivity index (χ0v) is 14.4. The van der Waals surface area contributed by atoms with Crippen molar-refractivity contribution in [2.75, 3.05) is 0 Å². The standard InChI is InChI=1S/C15H13ClFIO4/c1-14(12(19)20)5-4-11(18)15(7-14,13(21)22)9-3-2-8(17)6-10(9)16/h2-6,11H,7H2,1H3,(H,19,20)(H,21,22). The van der Waals surface area contributed by atoms with Gasteiger partial charge in [-0.1, -0.05) is 52.4 Å². The maximum Gasteiger partial charge on any atom is 0.315 e. The van der Waals surface area contributed by atoms with Crippen LogP contribution in [0.5, 0.6) is 0 Å². The van der Waals surface area contributed by atoms with Crippen molar-refractivity contribution >= 4 is 46.1 Å². The molecule has 0 aromatic heterocycles. The van der Waals surface area contributed by atoms with Gasteiger partial charge in [-0.3, -0.25) is 9.59 Å². The Morgan fingerprint density at radius 1 is 1.36 bits per heavy atom. The molecule has 3 unspecified atom stereocenters. The van der Waals surface area contributed by atoms with Crippen molar-refractivity contribution in [3.63, 3.8) is 0 Å². The molecule has 0 spiro atoms. The highest BCUT2D eigenvalue weighted by molar-refractivity contribution is 14.1. The van der Waals surface area contributed by atoms with Crippen LogP contribution in [0.15, 0.2) is 30.4 Å². The second kappa shape index (κ2) is 5.81. The highest BCUT2D eigenvalue weighted by Gasteiger charge is 2.54. The number of alkyl halides is 1. The molecule has 0 radical (unpaired) electrons. The molecule has 0 saturated carbocycles. The fraction of sp³-hybridized carbons (Fsp3) is 0.333. The van der Waals surface area contributed by atoms with Crippen molar-refractivity contribution in [3.05, 3.63) is 46.8 Å². The minimum Gasteiger partial charge on any atom is -0.481 e. The molecular formula is C15H13ClFIO4. The number of benzene rings is 1. The Morgan fingerprint density at radius 3 is 2.50 bits per heavy atom. The topological polar surface area (TPSA) is 74.6 Å². The van der Waals surface area contributed by atoms with E-state index in [0.717, 1.165) is 12.1 Å². The molecule has 1 aliphatic carbocycles. The van der Waals surface area contributed by atoms with Crippen LogP contribution in [0.4, 0.5) is 4.39 Å². The Balaban J connectivity index is 2.70. The van der Waals surface area contributed by atoms with Gasteiger partial charge >= 0.3 is 11.9 Å². The first-order valence-corrected chi connectivity index (χ1v) is 8.01. The Hall–Kier alpha value is -1.15. The SMILES string of the molecule is CC1(C(=O)O)C=CC(I)C(C(=O)O)(c2ccc(F)cc2Cl)C1. The molecule has 1 aromatic carbocycles. The first-order chi connectivity index (χ1) is 10.1. The van der Waals surface area contributed by atoms with Gasteiger partial charge in [0.2, 0.25) is 0 Å². The van der Waals surface area contributed by atoms with Crippen LogP contribution in [0.3, 0.4) is 0 Å². The fourth-order valence-corrected chi connectivity index (χ4v) is 4.11. The molecule has 2 N–H and O–H groups in total. The van der Waals surface area contributed by atoms with Crippen LogP contribution in [-0.4, -0.2) is 26.1 Å². The zero-order chi connectivity index (χ0) is 16.7. The summed E-state index contributed by atoms with van der Waals surface area (Å²) in [7, 11) is 0. The minimum absolute atomic E-state index is 0.0212. The van der Waals surface area contributed by atoms with Gasteiger partial charge in [-0.15, -0.1) is 0 Å². The second-order valence-corrected chi connectivity index (χ2v) is 7.31. The third kappa shape index (κ3) is 2.62. The van der Waals surface area contributed by atoms with Crippen LogP contribution in [0, 0.1) is 11.2 Å². The van der Waals surface area contributed by atoms with E-state index < -0.39 is 32.5 Å². The zero-order valence-electron chi connectivity index (χ0n) is 11.5. The summed E-state index contributed by atoms with van der Waals surface area (Å²) in [5.74, 6) is -2.88. The van der Waals surface area contributed by atoms with Crippen LogP contribution in [0.1, 0.15) is 18.9 Å². The fourth-order valence-electron chi connectivity index (χ4n) is 2.75. The van der Waals surface area contributed by atoms with Gasteiger partial charge in [0, 0.05) is 8.95 Å². The Kier molecular flexibility index (Phi) is 4.54. The summed E-state index contributed by atoms with van der Waals surface area (Å²) < 4.78 is 12.8. The molecule has 4 nitrogen and oxygen atoms in total. The maximum atomic E-state index is 13.3. The van der Waals surface area contributed by atoms with E-state index in [-0.39, 0.29) is 17.0 Å². The average Bonchev–Trinajstić information content (AvgIpc) is 2.41. The smallest absolute Gasteiger partial charge is 0.315 e. The van der Waals surface area contributed by atoms with Gasteiger partial charge < -0.3 is 10.2 Å². The lowest BCUT2D eigenvalue weighted by Crippen LogP contribution is -2.51. The third-order valence-corrected chi connectivity index (χ3v) is 5.82. The molecule has 1 aliphatic rings. The van der Waals surface area contributed by atoms with Crippen molar-refractivity contribution < 1.29 is 24.2 Å². The van der Waals surface area contributed by atoms with Gasteiger partial charge in [-0.2, -0.15) is 0 Å². The highest BCUT2D eigenvalue weighted by atomic mass is 127. The molecule has 0 amide bonds. The molecule has 0 aliphatic heterocycles.